The summed E-state index contributed by atoms with van der Waals surface area (Å²) in [6, 6.07) is 3.73. The predicted octanol–water partition coefficient (Wildman–Crippen LogP) is 2.82. The predicted molar refractivity (Wildman–Crippen MR) is 88.2 cm³/mol. The van der Waals surface area contributed by atoms with Crippen LogP contribution in [0.25, 0.3) is 0 Å². The molecular weight excluding hydrogens is 312 g/mol. The number of furan rings is 1. The highest BCUT2D eigenvalue weighted by atomic mass is 32.1. The van der Waals surface area contributed by atoms with Crippen LogP contribution >= 0.6 is 11.3 Å². The largest absolute Gasteiger partial charge is 0.472 e. The number of aryl methyl sites for hydroxylation is 1. The van der Waals surface area contributed by atoms with E-state index < -0.39 is 0 Å². The van der Waals surface area contributed by atoms with Crippen molar-refractivity contribution >= 4 is 23.2 Å². The van der Waals surface area contributed by atoms with Crippen molar-refractivity contribution in [3.05, 3.63) is 46.0 Å². The summed E-state index contributed by atoms with van der Waals surface area (Å²) in [4.78, 5) is 27.5. The van der Waals surface area contributed by atoms with Gasteiger partial charge in [-0.2, -0.15) is 0 Å². The van der Waals surface area contributed by atoms with Crippen LogP contribution in [0.15, 0.2) is 34.5 Å². The average Bonchev–Trinajstić information content (AvgIpc) is 3.24. The molecule has 0 saturated carbocycles. The van der Waals surface area contributed by atoms with Crippen molar-refractivity contribution in [1.29, 1.82) is 0 Å². The van der Waals surface area contributed by atoms with E-state index >= 15 is 0 Å². The summed E-state index contributed by atoms with van der Waals surface area (Å²) in [5.41, 5.74) is 1.79. The van der Waals surface area contributed by atoms with Crippen molar-refractivity contribution < 1.29 is 14.0 Å². The van der Waals surface area contributed by atoms with Gasteiger partial charge in [-0.15, -0.1) is 11.3 Å². The molecule has 2 aromatic rings. The number of hydrogen-bond acceptors (Lipinski definition) is 4. The maximum absolute atomic E-state index is 12.3. The monoisotopic (exact) mass is 332 g/mol. The average molecular weight is 332 g/mol. The molecule has 0 atom stereocenters. The molecule has 0 bridgehead atoms. The smallest absolute Gasteiger partial charge is 0.257 e. The Morgan fingerprint density at radius 2 is 2.13 bits per heavy atom. The minimum atomic E-state index is -0.0215. The highest BCUT2D eigenvalue weighted by Gasteiger charge is 2.28. The van der Waals surface area contributed by atoms with Crippen LogP contribution in [-0.2, 0) is 11.3 Å². The number of piperidine rings is 1. The lowest BCUT2D eigenvalue weighted by Crippen LogP contribution is -2.42. The third-order valence-corrected chi connectivity index (χ3v) is 5.34. The first kappa shape index (κ1) is 15.8. The summed E-state index contributed by atoms with van der Waals surface area (Å²) >= 11 is 1.66. The van der Waals surface area contributed by atoms with Gasteiger partial charge in [0.05, 0.1) is 18.4 Å². The lowest BCUT2D eigenvalue weighted by molar-refractivity contribution is -0.126. The molecule has 1 aliphatic rings. The molecule has 1 N–H and O–H groups in total. The maximum atomic E-state index is 12.3. The molecule has 0 aromatic carbocycles. The molecule has 0 spiro atoms. The number of nitrogens with one attached hydrogen (secondary N) is 1. The first-order valence-electron chi connectivity index (χ1n) is 7.77. The third-order valence-electron chi connectivity index (χ3n) is 4.31. The van der Waals surface area contributed by atoms with Crippen LogP contribution < -0.4 is 5.32 Å². The van der Waals surface area contributed by atoms with Gasteiger partial charge in [0.15, 0.2) is 0 Å². The van der Waals surface area contributed by atoms with E-state index in [1.165, 1.54) is 23.0 Å². The van der Waals surface area contributed by atoms with Gasteiger partial charge in [0.25, 0.3) is 5.91 Å². The van der Waals surface area contributed by atoms with Gasteiger partial charge in [0.1, 0.15) is 6.26 Å². The van der Waals surface area contributed by atoms with E-state index in [1.54, 1.807) is 22.3 Å². The van der Waals surface area contributed by atoms with Gasteiger partial charge >= 0.3 is 0 Å². The van der Waals surface area contributed by atoms with Crippen LogP contribution in [0.3, 0.4) is 0 Å². The fourth-order valence-corrected chi connectivity index (χ4v) is 3.66. The number of likely N-dealkylation sites (tertiary alicyclic amines) is 1. The molecule has 0 aliphatic carbocycles. The molecule has 0 unspecified atom stereocenters. The molecule has 0 radical (unpaired) electrons. The molecule has 1 fully saturated rings. The highest BCUT2D eigenvalue weighted by molar-refractivity contribution is 7.10. The normalized spacial score (nSPS) is 15.6. The molecule has 122 valence electrons. The van der Waals surface area contributed by atoms with E-state index in [-0.39, 0.29) is 17.7 Å². The van der Waals surface area contributed by atoms with Crippen molar-refractivity contribution in [3.8, 4) is 0 Å². The molecule has 1 aliphatic heterocycles. The van der Waals surface area contributed by atoms with Crippen molar-refractivity contribution in [1.82, 2.24) is 10.2 Å². The molecule has 2 amide bonds. The number of rotatable bonds is 4. The minimum absolute atomic E-state index is 0.0105. The molecule has 5 nitrogen and oxygen atoms in total. The fourth-order valence-electron chi connectivity index (χ4n) is 2.81. The van der Waals surface area contributed by atoms with E-state index in [9.17, 15) is 9.59 Å². The Bertz CT molecular complexity index is 670. The maximum Gasteiger partial charge on any atom is 0.257 e. The van der Waals surface area contributed by atoms with Gasteiger partial charge < -0.3 is 14.6 Å². The summed E-state index contributed by atoms with van der Waals surface area (Å²) in [6.45, 7) is 3.87. The molecule has 1 saturated heterocycles. The summed E-state index contributed by atoms with van der Waals surface area (Å²) in [5.74, 6) is 0.0590. The molecule has 3 heterocycles. The van der Waals surface area contributed by atoms with Gasteiger partial charge in [0.2, 0.25) is 5.91 Å². The number of nitrogens with zero attached hydrogens (tertiary/aromatic N) is 1. The minimum Gasteiger partial charge on any atom is -0.472 e. The summed E-state index contributed by atoms with van der Waals surface area (Å²) in [6.07, 6.45) is 4.38. The second-order valence-electron chi connectivity index (χ2n) is 5.82. The Hall–Kier alpha value is -2.08. The van der Waals surface area contributed by atoms with Gasteiger partial charge in [-0.1, -0.05) is 0 Å². The number of thiophene rings is 1. The molecular formula is C17H20N2O3S. The Labute approximate surface area is 139 Å². The summed E-state index contributed by atoms with van der Waals surface area (Å²) in [5, 5.41) is 5.06. The second-order valence-corrected chi connectivity index (χ2v) is 6.82. The summed E-state index contributed by atoms with van der Waals surface area (Å²) < 4.78 is 4.95. The van der Waals surface area contributed by atoms with Crippen molar-refractivity contribution in [2.45, 2.75) is 26.3 Å². The van der Waals surface area contributed by atoms with Crippen LogP contribution in [0.5, 0.6) is 0 Å². The van der Waals surface area contributed by atoms with E-state index in [2.05, 4.69) is 18.3 Å². The first-order valence-corrected chi connectivity index (χ1v) is 8.65. The van der Waals surface area contributed by atoms with Crippen LogP contribution in [-0.4, -0.2) is 29.8 Å². The van der Waals surface area contributed by atoms with Crippen LogP contribution in [0.4, 0.5) is 0 Å². The van der Waals surface area contributed by atoms with Crippen LogP contribution in [0.1, 0.15) is 33.6 Å². The number of carbonyl (C=O) groups is 2. The zero-order chi connectivity index (χ0) is 16.2. The third kappa shape index (κ3) is 3.64. The Balaban J connectivity index is 1.47. The second kappa shape index (κ2) is 7.00. The number of amides is 2. The van der Waals surface area contributed by atoms with E-state index in [4.69, 9.17) is 4.42 Å². The van der Waals surface area contributed by atoms with E-state index in [1.807, 2.05) is 5.38 Å². The quantitative estimate of drug-likeness (QED) is 0.936. The lowest BCUT2D eigenvalue weighted by Gasteiger charge is -2.31. The fraction of sp³-hybridized carbons (Fsp3) is 0.412. The Morgan fingerprint density at radius 1 is 1.35 bits per heavy atom. The number of hydrogen-bond donors (Lipinski definition) is 1. The van der Waals surface area contributed by atoms with Gasteiger partial charge in [-0.25, -0.2) is 0 Å². The van der Waals surface area contributed by atoms with Gasteiger partial charge in [0, 0.05) is 23.9 Å². The lowest BCUT2D eigenvalue weighted by atomic mass is 9.95. The molecule has 2 aromatic heterocycles. The van der Waals surface area contributed by atoms with E-state index in [0.717, 1.165) is 0 Å². The highest BCUT2D eigenvalue weighted by Crippen LogP contribution is 2.20. The first-order chi connectivity index (χ1) is 11.1. The van der Waals surface area contributed by atoms with Crippen molar-refractivity contribution in [2.24, 2.45) is 5.92 Å². The van der Waals surface area contributed by atoms with Crippen molar-refractivity contribution in [3.63, 3.8) is 0 Å². The van der Waals surface area contributed by atoms with Gasteiger partial charge in [-0.05, 0) is 42.8 Å². The number of carbonyl (C=O) groups excluding carboxylic acids is 2. The van der Waals surface area contributed by atoms with Gasteiger partial charge in [-0.3, -0.25) is 9.59 Å². The van der Waals surface area contributed by atoms with Crippen molar-refractivity contribution in [2.75, 3.05) is 13.1 Å². The molecule has 23 heavy (non-hydrogen) atoms. The zero-order valence-electron chi connectivity index (χ0n) is 13.1. The van der Waals surface area contributed by atoms with Crippen LogP contribution in [0.2, 0.25) is 0 Å². The Kier molecular flexibility index (Phi) is 4.81. The van der Waals surface area contributed by atoms with E-state index in [0.29, 0.717) is 38.0 Å². The SMILES string of the molecule is Cc1ccsc1CNC(=O)C1CCN(C(=O)c2ccoc2)CC1. The van der Waals surface area contributed by atoms with Crippen LogP contribution in [0, 0.1) is 12.8 Å². The molecule has 6 heteroatoms. The summed E-state index contributed by atoms with van der Waals surface area (Å²) in [7, 11) is 0. The Morgan fingerprint density at radius 3 is 2.74 bits per heavy atom. The molecule has 3 rings (SSSR count). The zero-order valence-corrected chi connectivity index (χ0v) is 13.9. The topological polar surface area (TPSA) is 62.6 Å². The standard InChI is InChI=1S/C17H20N2O3S/c1-12-5-9-23-15(12)10-18-16(20)13-2-6-19(7-3-13)17(21)14-4-8-22-11-14/h4-5,8-9,11,13H,2-3,6-7,10H2,1H3,(H,18,20).